The molecule has 0 spiro atoms. The van der Waals surface area contributed by atoms with Gasteiger partial charge in [-0.15, -0.1) is 0 Å². The molecule has 88 valence electrons. The molecule has 1 amide bonds. The van der Waals surface area contributed by atoms with Crippen LogP contribution in [-0.2, 0) is 6.42 Å². The van der Waals surface area contributed by atoms with Crippen molar-refractivity contribution in [3.63, 3.8) is 0 Å². The summed E-state index contributed by atoms with van der Waals surface area (Å²) in [5.41, 5.74) is 1.69. The summed E-state index contributed by atoms with van der Waals surface area (Å²) in [4.78, 5) is 14.5. The Morgan fingerprint density at radius 2 is 2.06 bits per heavy atom. The van der Waals surface area contributed by atoms with Crippen molar-refractivity contribution in [2.24, 2.45) is 0 Å². The summed E-state index contributed by atoms with van der Waals surface area (Å²) >= 11 is 5.72. The minimum atomic E-state index is -0.132. The van der Waals surface area contributed by atoms with Crippen LogP contribution in [0.5, 0.6) is 0 Å². The van der Waals surface area contributed by atoms with Crippen molar-refractivity contribution in [2.45, 2.75) is 6.42 Å². The molecule has 0 fully saturated rings. The predicted molar refractivity (Wildman–Crippen MR) is 68.3 cm³/mol. The van der Waals surface area contributed by atoms with Gasteiger partial charge in [0.15, 0.2) is 0 Å². The number of carbonyl (C=O) groups is 1. The first kappa shape index (κ1) is 11.7. The van der Waals surface area contributed by atoms with Crippen LogP contribution >= 0.6 is 11.6 Å². The van der Waals surface area contributed by atoms with Gasteiger partial charge in [-0.3, -0.25) is 4.79 Å². The van der Waals surface area contributed by atoms with Crippen LogP contribution in [0.4, 0.5) is 0 Å². The van der Waals surface area contributed by atoms with Crippen LogP contribution in [0, 0.1) is 0 Å². The van der Waals surface area contributed by atoms with E-state index >= 15 is 0 Å². The first-order valence-electron chi connectivity index (χ1n) is 5.42. The predicted octanol–water partition coefficient (Wildman–Crippen LogP) is 2.64. The first-order valence-corrected chi connectivity index (χ1v) is 5.79. The molecule has 4 heteroatoms. The van der Waals surface area contributed by atoms with Crippen molar-refractivity contribution < 1.29 is 4.79 Å². The van der Waals surface area contributed by atoms with Gasteiger partial charge in [-0.05, 0) is 18.1 Å². The molecule has 1 aromatic heterocycles. The molecule has 0 aliphatic heterocycles. The van der Waals surface area contributed by atoms with E-state index in [0.29, 0.717) is 17.3 Å². The summed E-state index contributed by atoms with van der Waals surface area (Å²) in [6, 6.07) is 11.6. The van der Waals surface area contributed by atoms with Gasteiger partial charge >= 0.3 is 0 Å². The van der Waals surface area contributed by atoms with Crippen molar-refractivity contribution >= 4 is 17.5 Å². The Morgan fingerprint density at radius 1 is 1.29 bits per heavy atom. The van der Waals surface area contributed by atoms with Gasteiger partial charge in [0.1, 0.15) is 5.69 Å². The second kappa shape index (κ2) is 5.55. The van der Waals surface area contributed by atoms with Crippen molar-refractivity contribution in [3.8, 4) is 0 Å². The molecule has 0 unspecified atom stereocenters. The Hall–Kier alpha value is -1.74. The number of hydrogen-bond acceptors (Lipinski definition) is 1. The van der Waals surface area contributed by atoms with Gasteiger partial charge < -0.3 is 10.3 Å². The minimum absolute atomic E-state index is 0.132. The van der Waals surface area contributed by atoms with Crippen LogP contribution in [0.3, 0.4) is 0 Å². The lowest BCUT2D eigenvalue weighted by Gasteiger charge is -2.03. The van der Waals surface area contributed by atoms with E-state index in [1.807, 2.05) is 30.3 Å². The van der Waals surface area contributed by atoms with Crippen molar-refractivity contribution in [3.05, 3.63) is 58.9 Å². The summed E-state index contributed by atoms with van der Waals surface area (Å²) in [6.07, 6.45) is 2.41. The Labute approximate surface area is 105 Å². The van der Waals surface area contributed by atoms with Gasteiger partial charge in [0.05, 0.1) is 5.02 Å². The van der Waals surface area contributed by atoms with Crippen LogP contribution < -0.4 is 5.32 Å². The molecule has 3 nitrogen and oxygen atoms in total. The molecule has 2 aromatic rings. The largest absolute Gasteiger partial charge is 0.356 e. The van der Waals surface area contributed by atoms with Crippen LogP contribution in [0.2, 0.25) is 5.02 Å². The summed E-state index contributed by atoms with van der Waals surface area (Å²) in [6.45, 7) is 0.611. The van der Waals surface area contributed by atoms with Crippen LogP contribution in [0.1, 0.15) is 16.1 Å². The topological polar surface area (TPSA) is 44.9 Å². The average molecular weight is 249 g/mol. The average Bonchev–Trinajstić information content (AvgIpc) is 2.77. The smallest absolute Gasteiger partial charge is 0.267 e. The van der Waals surface area contributed by atoms with E-state index in [4.69, 9.17) is 11.6 Å². The van der Waals surface area contributed by atoms with Crippen LogP contribution in [0.25, 0.3) is 0 Å². The molecule has 1 aromatic carbocycles. The lowest BCUT2D eigenvalue weighted by atomic mass is 10.1. The number of nitrogens with one attached hydrogen (secondary N) is 2. The van der Waals surface area contributed by atoms with Gasteiger partial charge in [0, 0.05) is 12.7 Å². The zero-order valence-corrected chi connectivity index (χ0v) is 10.00. The minimum Gasteiger partial charge on any atom is -0.356 e. The number of aromatic nitrogens is 1. The van der Waals surface area contributed by atoms with E-state index in [0.717, 1.165) is 6.42 Å². The molecule has 0 atom stereocenters. The fourth-order valence-electron chi connectivity index (χ4n) is 1.56. The Kier molecular flexibility index (Phi) is 3.83. The standard InChI is InChI=1S/C13H13ClN2O/c14-11-8-12(16-9-11)13(17)15-7-6-10-4-2-1-3-5-10/h1-5,8-9,16H,6-7H2,(H,15,17). The number of H-pyrrole nitrogens is 1. The molecule has 0 bridgehead atoms. The maximum absolute atomic E-state index is 11.6. The Balaban J connectivity index is 1.81. The third-order valence-electron chi connectivity index (χ3n) is 2.43. The number of carbonyl (C=O) groups excluding carboxylic acids is 1. The third kappa shape index (κ3) is 3.36. The Bertz CT molecular complexity index is 493. The highest BCUT2D eigenvalue weighted by atomic mass is 35.5. The molecule has 0 saturated heterocycles. The number of benzene rings is 1. The normalized spacial score (nSPS) is 10.2. The molecule has 0 aliphatic carbocycles. The summed E-state index contributed by atoms with van der Waals surface area (Å²) in [5, 5.41) is 3.37. The van der Waals surface area contributed by atoms with E-state index < -0.39 is 0 Å². The number of halogens is 1. The van der Waals surface area contributed by atoms with Gasteiger partial charge in [0.2, 0.25) is 0 Å². The van der Waals surface area contributed by atoms with E-state index in [1.165, 1.54) is 5.56 Å². The summed E-state index contributed by atoms with van der Waals surface area (Å²) < 4.78 is 0. The number of hydrogen-bond donors (Lipinski definition) is 2. The molecular weight excluding hydrogens is 236 g/mol. The SMILES string of the molecule is O=C(NCCc1ccccc1)c1cc(Cl)c[nH]1. The highest BCUT2D eigenvalue weighted by Crippen LogP contribution is 2.09. The molecule has 0 aliphatic rings. The Morgan fingerprint density at radius 3 is 2.71 bits per heavy atom. The van der Waals surface area contributed by atoms with Gasteiger partial charge in [0.25, 0.3) is 5.91 Å². The number of amides is 1. The maximum Gasteiger partial charge on any atom is 0.267 e. The third-order valence-corrected chi connectivity index (χ3v) is 2.65. The van der Waals surface area contributed by atoms with E-state index in [-0.39, 0.29) is 5.91 Å². The molecule has 1 heterocycles. The lowest BCUT2D eigenvalue weighted by Crippen LogP contribution is -2.25. The highest BCUT2D eigenvalue weighted by molar-refractivity contribution is 6.30. The summed E-state index contributed by atoms with van der Waals surface area (Å²) in [7, 11) is 0. The molecular formula is C13H13ClN2O. The van der Waals surface area contributed by atoms with Gasteiger partial charge in [-0.2, -0.15) is 0 Å². The van der Waals surface area contributed by atoms with Gasteiger partial charge in [-0.1, -0.05) is 41.9 Å². The molecule has 2 N–H and O–H groups in total. The molecule has 0 radical (unpaired) electrons. The van der Waals surface area contributed by atoms with Crippen molar-refractivity contribution in [2.75, 3.05) is 6.54 Å². The molecule has 2 rings (SSSR count). The van der Waals surface area contributed by atoms with Crippen LogP contribution in [-0.4, -0.2) is 17.4 Å². The van der Waals surface area contributed by atoms with E-state index in [9.17, 15) is 4.79 Å². The summed E-state index contributed by atoms with van der Waals surface area (Å²) in [5.74, 6) is -0.132. The highest BCUT2D eigenvalue weighted by Gasteiger charge is 2.06. The zero-order chi connectivity index (χ0) is 12.1. The second-order valence-electron chi connectivity index (χ2n) is 3.72. The number of rotatable bonds is 4. The number of aromatic amines is 1. The zero-order valence-electron chi connectivity index (χ0n) is 9.24. The van der Waals surface area contributed by atoms with Crippen molar-refractivity contribution in [1.82, 2.24) is 10.3 Å². The van der Waals surface area contributed by atoms with E-state index in [1.54, 1.807) is 12.3 Å². The fourth-order valence-corrected chi connectivity index (χ4v) is 1.72. The second-order valence-corrected chi connectivity index (χ2v) is 4.16. The first-order chi connectivity index (χ1) is 8.25. The molecule has 0 saturated carbocycles. The fraction of sp³-hybridized carbons (Fsp3) is 0.154. The monoisotopic (exact) mass is 248 g/mol. The maximum atomic E-state index is 11.6. The quantitative estimate of drug-likeness (QED) is 0.859. The van der Waals surface area contributed by atoms with Crippen LogP contribution in [0.15, 0.2) is 42.6 Å². The van der Waals surface area contributed by atoms with Gasteiger partial charge in [-0.25, -0.2) is 0 Å². The lowest BCUT2D eigenvalue weighted by molar-refractivity contribution is 0.0950. The van der Waals surface area contributed by atoms with E-state index in [2.05, 4.69) is 10.3 Å². The van der Waals surface area contributed by atoms with Crippen molar-refractivity contribution in [1.29, 1.82) is 0 Å². The molecule has 17 heavy (non-hydrogen) atoms.